The molecule has 1 aromatic rings. The van der Waals surface area contributed by atoms with E-state index >= 15 is 0 Å². The molecule has 0 saturated carbocycles. The molecule has 2 rings (SSSR count). The first kappa shape index (κ1) is 11.4. The van der Waals surface area contributed by atoms with E-state index in [9.17, 15) is 0 Å². The largest absolute Gasteiger partial charge is 0.497 e. The van der Waals surface area contributed by atoms with Crippen molar-refractivity contribution in [3.63, 3.8) is 0 Å². The van der Waals surface area contributed by atoms with Crippen LogP contribution >= 0.6 is 0 Å². The van der Waals surface area contributed by atoms with Gasteiger partial charge in [0.1, 0.15) is 5.75 Å². The van der Waals surface area contributed by atoms with E-state index in [-0.39, 0.29) is 6.04 Å². The number of nitrogens with one attached hydrogen (secondary N) is 1. The van der Waals surface area contributed by atoms with Crippen molar-refractivity contribution in [1.82, 2.24) is 5.32 Å². The van der Waals surface area contributed by atoms with Crippen molar-refractivity contribution in [2.24, 2.45) is 5.73 Å². The molecule has 1 heterocycles. The van der Waals surface area contributed by atoms with Crippen LogP contribution < -0.4 is 15.8 Å². The maximum absolute atomic E-state index is 6.21. The molecule has 0 amide bonds. The predicted octanol–water partition coefficient (Wildman–Crippen LogP) is 1.49. The highest BCUT2D eigenvalue weighted by atomic mass is 16.5. The molecule has 3 nitrogen and oxygen atoms in total. The van der Waals surface area contributed by atoms with E-state index in [4.69, 9.17) is 10.5 Å². The lowest BCUT2D eigenvalue weighted by molar-refractivity contribution is 0.414. The van der Waals surface area contributed by atoms with Gasteiger partial charge in [-0.25, -0.2) is 0 Å². The summed E-state index contributed by atoms with van der Waals surface area (Å²) >= 11 is 0. The molecule has 0 spiro atoms. The van der Waals surface area contributed by atoms with Crippen molar-refractivity contribution in [2.45, 2.75) is 24.8 Å². The fraction of sp³-hybridized carbons (Fsp3) is 0.538. The first-order chi connectivity index (χ1) is 7.81. The van der Waals surface area contributed by atoms with Crippen LogP contribution in [0.3, 0.4) is 0 Å². The second kappa shape index (κ2) is 5.32. The van der Waals surface area contributed by atoms with E-state index in [1.807, 2.05) is 12.1 Å². The second-order valence-electron chi connectivity index (χ2n) is 4.37. The van der Waals surface area contributed by atoms with Crippen LogP contribution in [-0.2, 0) is 0 Å². The summed E-state index contributed by atoms with van der Waals surface area (Å²) < 4.78 is 5.16. The summed E-state index contributed by atoms with van der Waals surface area (Å²) in [7, 11) is 1.69. The molecule has 2 unspecified atom stereocenters. The summed E-state index contributed by atoms with van der Waals surface area (Å²) in [5, 5.41) is 3.40. The Hall–Kier alpha value is -1.06. The van der Waals surface area contributed by atoms with E-state index in [0.29, 0.717) is 5.92 Å². The molecule has 3 heteroatoms. The lowest BCUT2D eigenvalue weighted by atomic mass is 9.88. The van der Waals surface area contributed by atoms with Gasteiger partial charge in [0.2, 0.25) is 0 Å². The highest BCUT2D eigenvalue weighted by molar-refractivity contribution is 5.30. The molecule has 0 radical (unpaired) electrons. The van der Waals surface area contributed by atoms with Crippen molar-refractivity contribution >= 4 is 0 Å². The van der Waals surface area contributed by atoms with Gasteiger partial charge in [-0.05, 0) is 43.6 Å². The SMILES string of the molecule is COc1ccc(C2CCNCCC2N)cc1. The van der Waals surface area contributed by atoms with Gasteiger partial charge in [0, 0.05) is 12.0 Å². The third kappa shape index (κ3) is 2.54. The molecular weight excluding hydrogens is 200 g/mol. The Morgan fingerprint density at radius 2 is 1.88 bits per heavy atom. The Labute approximate surface area is 97.0 Å². The Kier molecular flexibility index (Phi) is 3.80. The van der Waals surface area contributed by atoms with Gasteiger partial charge in [-0.3, -0.25) is 0 Å². The number of hydrogen-bond acceptors (Lipinski definition) is 3. The normalized spacial score (nSPS) is 26.1. The zero-order valence-corrected chi connectivity index (χ0v) is 9.78. The number of methoxy groups -OCH3 is 1. The van der Waals surface area contributed by atoms with Gasteiger partial charge < -0.3 is 15.8 Å². The first-order valence-corrected chi connectivity index (χ1v) is 5.91. The zero-order valence-electron chi connectivity index (χ0n) is 9.78. The van der Waals surface area contributed by atoms with E-state index in [2.05, 4.69) is 17.4 Å². The number of nitrogens with two attached hydrogens (primary N) is 1. The minimum atomic E-state index is 0.267. The average Bonchev–Trinajstić information content (AvgIpc) is 2.54. The van der Waals surface area contributed by atoms with Crippen LogP contribution in [0.15, 0.2) is 24.3 Å². The van der Waals surface area contributed by atoms with Gasteiger partial charge >= 0.3 is 0 Å². The molecule has 2 atom stereocenters. The van der Waals surface area contributed by atoms with Crippen LogP contribution in [-0.4, -0.2) is 26.2 Å². The minimum absolute atomic E-state index is 0.267. The van der Waals surface area contributed by atoms with Crippen LogP contribution in [0.2, 0.25) is 0 Å². The fourth-order valence-corrected chi connectivity index (χ4v) is 2.33. The van der Waals surface area contributed by atoms with Crippen molar-refractivity contribution in [3.05, 3.63) is 29.8 Å². The van der Waals surface area contributed by atoms with E-state index in [0.717, 1.165) is 31.7 Å². The standard InChI is InChI=1S/C13H20N2O/c1-16-11-4-2-10(3-5-11)12-6-8-15-9-7-13(12)14/h2-5,12-13,15H,6-9,14H2,1H3. The molecule has 88 valence electrons. The molecule has 0 aliphatic carbocycles. The van der Waals surface area contributed by atoms with Crippen molar-refractivity contribution in [3.8, 4) is 5.75 Å². The highest BCUT2D eigenvalue weighted by Crippen LogP contribution is 2.26. The van der Waals surface area contributed by atoms with Crippen molar-refractivity contribution in [1.29, 1.82) is 0 Å². The Bertz CT molecular complexity index is 323. The highest BCUT2D eigenvalue weighted by Gasteiger charge is 2.21. The number of rotatable bonds is 2. The molecular formula is C13H20N2O. The fourth-order valence-electron chi connectivity index (χ4n) is 2.33. The molecule has 1 aromatic carbocycles. The quantitative estimate of drug-likeness (QED) is 0.794. The topological polar surface area (TPSA) is 47.3 Å². The van der Waals surface area contributed by atoms with Gasteiger partial charge in [-0.15, -0.1) is 0 Å². The van der Waals surface area contributed by atoms with Crippen LogP contribution in [0.25, 0.3) is 0 Å². The second-order valence-corrected chi connectivity index (χ2v) is 4.37. The summed E-state index contributed by atoms with van der Waals surface area (Å²) in [6, 6.07) is 8.56. The third-order valence-corrected chi connectivity index (χ3v) is 3.35. The molecule has 0 bridgehead atoms. The smallest absolute Gasteiger partial charge is 0.118 e. The Balaban J connectivity index is 2.14. The first-order valence-electron chi connectivity index (χ1n) is 5.91. The lowest BCUT2D eigenvalue weighted by Crippen LogP contribution is -2.28. The summed E-state index contributed by atoms with van der Waals surface area (Å²) in [4.78, 5) is 0. The summed E-state index contributed by atoms with van der Waals surface area (Å²) in [5.74, 6) is 1.38. The Morgan fingerprint density at radius 1 is 1.19 bits per heavy atom. The maximum atomic E-state index is 6.21. The van der Waals surface area contributed by atoms with Gasteiger partial charge in [0.15, 0.2) is 0 Å². The summed E-state index contributed by atoms with van der Waals surface area (Å²) in [6.07, 6.45) is 2.17. The molecule has 1 fully saturated rings. The molecule has 1 saturated heterocycles. The van der Waals surface area contributed by atoms with Gasteiger partial charge in [-0.1, -0.05) is 12.1 Å². The van der Waals surface area contributed by atoms with Crippen molar-refractivity contribution < 1.29 is 4.74 Å². The lowest BCUT2D eigenvalue weighted by Gasteiger charge is -2.21. The van der Waals surface area contributed by atoms with E-state index < -0.39 is 0 Å². The van der Waals surface area contributed by atoms with E-state index in [1.165, 1.54) is 5.56 Å². The zero-order chi connectivity index (χ0) is 11.4. The van der Waals surface area contributed by atoms with Crippen molar-refractivity contribution in [2.75, 3.05) is 20.2 Å². The van der Waals surface area contributed by atoms with Crippen LogP contribution in [0, 0.1) is 0 Å². The molecule has 1 aliphatic rings. The van der Waals surface area contributed by atoms with Gasteiger partial charge in [0.05, 0.1) is 7.11 Å². The number of benzene rings is 1. The number of hydrogen-bond donors (Lipinski definition) is 2. The summed E-state index contributed by atoms with van der Waals surface area (Å²) in [5.41, 5.74) is 7.54. The molecule has 0 aromatic heterocycles. The third-order valence-electron chi connectivity index (χ3n) is 3.35. The Morgan fingerprint density at radius 3 is 2.56 bits per heavy atom. The summed E-state index contributed by atoms with van der Waals surface area (Å²) in [6.45, 7) is 2.10. The van der Waals surface area contributed by atoms with Gasteiger partial charge in [0.25, 0.3) is 0 Å². The number of ether oxygens (including phenoxy) is 1. The molecule has 16 heavy (non-hydrogen) atoms. The van der Waals surface area contributed by atoms with Crippen LogP contribution in [0.1, 0.15) is 24.3 Å². The monoisotopic (exact) mass is 220 g/mol. The maximum Gasteiger partial charge on any atom is 0.118 e. The average molecular weight is 220 g/mol. The van der Waals surface area contributed by atoms with Crippen LogP contribution in [0.5, 0.6) is 5.75 Å². The molecule has 1 aliphatic heterocycles. The predicted molar refractivity (Wildman–Crippen MR) is 65.8 cm³/mol. The van der Waals surface area contributed by atoms with Crippen LogP contribution in [0.4, 0.5) is 0 Å². The van der Waals surface area contributed by atoms with Gasteiger partial charge in [-0.2, -0.15) is 0 Å². The minimum Gasteiger partial charge on any atom is -0.497 e. The van der Waals surface area contributed by atoms with E-state index in [1.54, 1.807) is 7.11 Å². The molecule has 3 N–H and O–H groups in total.